The van der Waals surface area contributed by atoms with Crippen LogP contribution in [0.3, 0.4) is 0 Å². The van der Waals surface area contributed by atoms with Crippen molar-refractivity contribution >= 4 is 41.4 Å². The number of rotatable bonds is 1. The second-order valence-electron chi connectivity index (χ2n) is 6.30. The van der Waals surface area contributed by atoms with Gasteiger partial charge in [0.25, 0.3) is 0 Å². The molecular weight excluding hydrogens is 272 g/mol. The third-order valence-electron chi connectivity index (χ3n) is 3.85. The molecule has 0 saturated heterocycles. The molecular formula is C16H17ClOSi. The van der Waals surface area contributed by atoms with Crippen LogP contribution in [0.1, 0.15) is 22.3 Å². The standard InChI is InChI=1S/C16H17ClOSi/c1-19(2,3)16-14-10(5-4-6-12(14)17)9-11-7-8-13(18)15(11)16/h4-6,9H,7-8H2,1-3H3. The number of carbonyl (C=O) groups excluding carboxylic acids is 1. The second-order valence-corrected chi connectivity index (χ2v) is 11.7. The first kappa shape index (κ1) is 12.9. The molecule has 2 aromatic carbocycles. The first-order valence-electron chi connectivity index (χ1n) is 6.67. The molecule has 1 aliphatic rings. The summed E-state index contributed by atoms with van der Waals surface area (Å²) in [4.78, 5) is 12.3. The van der Waals surface area contributed by atoms with Crippen molar-refractivity contribution in [3.63, 3.8) is 0 Å². The molecule has 0 spiro atoms. The van der Waals surface area contributed by atoms with Crippen molar-refractivity contribution < 1.29 is 4.79 Å². The number of Topliss-reactive ketones (excluding diaryl/α,β-unsaturated/α-hetero) is 1. The fraction of sp³-hybridized carbons (Fsp3) is 0.312. The Hall–Kier alpha value is -1.12. The molecule has 0 bridgehead atoms. The normalized spacial score (nSPS) is 15.1. The van der Waals surface area contributed by atoms with Gasteiger partial charge < -0.3 is 0 Å². The van der Waals surface area contributed by atoms with Gasteiger partial charge in [0.15, 0.2) is 5.78 Å². The smallest absolute Gasteiger partial charge is 0.163 e. The van der Waals surface area contributed by atoms with E-state index in [-0.39, 0.29) is 0 Å². The summed E-state index contributed by atoms with van der Waals surface area (Å²) in [7, 11) is -1.63. The van der Waals surface area contributed by atoms with Crippen LogP contribution in [0.2, 0.25) is 24.7 Å². The van der Waals surface area contributed by atoms with Crippen LogP contribution in [0.15, 0.2) is 24.3 Å². The molecule has 0 N–H and O–H groups in total. The van der Waals surface area contributed by atoms with Crippen molar-refractivity contribution in [2.24, 2.45) is 0 Å². The molecule has 2 aromatic rings. The third kappa shape index (κ3) is 1.94. The Labute approximate surface area is 119 Å². The van der Waals surface area contributed by atoms with E-state index in [0.29, 0.717) is 12.2 Å². The average molecular weight is 289 g/mol. The van der Waals surface area contributed by atoms with Crippen molar-refractivity contribution in [3.8, 4) is 0 Å². The molecule has 0 aliphatic heterocycles. The molecule has 0 saturated carbocycles. The van der Waals surface area contributed by atoms with Gasteiger partial charge in [-0.2, -0.15) is 0 Å². The van der Waals surface area contributed by atoms with Gasteiger partial charge in [0.1, 0.15) is 0 Å². The predicted octanol–water partition coefficient (Wildman–Crippen LogP) is 4.17. The second kappa shape index (κ2) is 4.19. The van der Waals surface area contributed by atoms with Gasteiger partial charge >= 0.3 is 0 Å². The zero-order chi connectivity index (χ0) is 13.8. The Bertz CT molecular complexity index is 698. The Kier molecular flexibility index (Phi) is 2.84. The number of ketones is 1. The highest BCUT2D eigenvalue weighted by atomic mass is 35.5. The van der Waals surface area contributed by atoms with E-state index >= 15 is 0 Å². The van der Waals surface area contributed by atoms with Crippen molar-refractivity contribution in [3.05, 3.63) is 40.4 Å². The SMILES string of the molecule is C[Si](C)(C)c1c2c(cc3cccc(Cl)c13)CCC2=O. The summed E-state index contributed by atoms with van der Waals surface area (Å²) in [6, 6.07) is 8.18. The van der Waals surface area contributed by atoms with Crippen molar-refractivity contribution in [1.29, 1.82) is 0 Å². The van der Waals surface area contributed by atoms with Gasteiger partial charge in [-0.15, -0.1) is 0 Å². The molecule has 1 aliphatic carbocycles. The minimum Gasteiger partial charge on any atom is -0.294 e. The maximum Gasteiger partial charge on any atom is 0.163 e. The highest BCUT2D eigenvalue weighted by Crippen LogP contribution is 2.31. The van der Waals surface area contributed by atoms with Gasteiger partial charge in [-0.3, -0.25) is 4.79 Å². The van der Waals surface area contributed by atoms with Crippen molar-refractivity contribution in [2.45, 2.75) is 32.5 Å². The summed E-state index contributed by atoms with van der Waals surface area (Å²) in [5, 5.41) is 4.32. The number of halogens is 1. The molecule has 98 valence electrons. The molecule has 0 aromatic heterocycles. The van der Waals surface area contributed by atoms with Crippen LogP contribution in [0.5, 0.6) is 0 Å². The van der Waals surface area contributed by atoms with Gasteiger partial charge in [0, 0.05) is 22.4 Å². The first-order valence-corrected chi connectivity index (χ1v) is 10.5. The molecule has 0 unspecified atom stereocenters. The molecule has 0 atom stereocenters. The van der Waals surface area contributed by atoms with Gasteiger partial charge in [0.2, 0.25) is 0 Å². The van der Waals surface area contributed by atoms with Gasteiger partial charge in [-0.1, -0.05) is 49.4 Å². The number of fused-ring (bicyclic) bond motifs is 2. The quantitative estimate of drug-likeness (QED) is 0.720. The molecule has 0 amide bonds. The lowest BCUT2D eigenvalue weighted by molar-refractivity contribution is 0.0995. The van der Waals surface area contributed by atoms with E-state index in [2.05, 4.69) is 31.8 Å². The largest absolute Gasteiger partial charge is 0.294 e. The Morgan fingerprint density at radius 2 is 1.89 bits per heavy atom. The van der Waals surface area contributed by atoms with Gasteiger partial charge in [0.05, 0.1) is 8.07 Å². The summed E-state index contributed by atoms with van der Waals surface area (Å²) in [5.41, 5.74) is 2.21. The van der Waals surface area contributed by atoms with Crippen LogP contribution < -0.4 is 5.19 Å². The Morgan fingerprint density at radius 3 is 2.58 bits per heavy atom. The van der Waals surface area contributed by atoms with Crippen LogP contribution in [0.25, 0.3) is 10.8 Å². The number of aryl methyl sites for hydroxylation is 1. The minimum absolute atomic E-state index is 0.300. The zero-order valence-electron chi connectivity index (χ0n) is 11.5. The van der Waals surface area contributed by atoms with E-state index in [9.17, 15) is 4.79 Å². The molecule has 0 fully saturated rings. The lowest BCUT2D eigenvalue weighted by Crippen LogP contribution is -2.41. The van der Waals surface area contributed by atoms with E-state index in [1.807, 2.05) is 12.1 Å². The van der Waals surface area contributed by atoms with E-state index in [0.717, 1.165) is 22.4 Å². The Balaban J connectivity index is 2.54. The summed E-state index contributed by atoms with van der Waals surface area (Å²) in [5.74, 6) is 0.300. The van der Waals surface area contributed by atoms with Gasteiger partial charge in [-0.05, 0) is 28.6 Å². The number of hydrogen-bond acceptors (Lipinski definition) is 1. The highest BCUT2D eigenvalue weighted by Gasteiger charge is 2.32. The van der Waals surface area contributed by atoms with Crippen molar-refractivity contribution in [2.75, 3.05) is 0 Å². The molecule has 19 heavy (non-hydrogen) atoms. The number of hydrogen-bond donors (Lipinski definition) is 0. The lowest BCUT2D eigenvalue weighted by Gasteiger charge is -2.23. The maximum atomic E-state index is 12.3. The van der Waals surface area contributed by atoms with Crippen LogP contribution in [-0.2, 0) is 6.42 Å². The average Bonchev–Trinajstić information content (AvgIpc) is 2.67. The van der Waals surface area contributed by atoms with Crippen LogP contribution in [-0.4, -0.2) is 13.9 Å². The van der Waals surface area contributed by atoms with Crippen LogP contribution in [0.4, 0.5) is 0 Å². The zero-order valence-corrected chi connectivity index (χ0v) is 13.3. The minimum atomic E-state index is -1.63. The van der Waals surface area contributed by atoms with E-state index < -0.39 is 8.07 Å². The first-order chi connectivity index (χ1) is 8.89. The number of benzene rings is 2. The van der Waals surface area contributed by atoms with Gasteiger partial charge in [-0.25, -0.2) is 0 Å². The van der Waals surface area contributed by atoms with E-state index in [1.165, 1.54) is 16.1 Å². The molecule has 3 heteroatoms. The lowest BCUT2D eigenvalue weighted by atomic mass is 10.0. The van der Waals surface area contributed by atoms with Crippen molar-refractivity contribution in [1.82, 2.24) is 0 Å². The molecule has 3 rings (SSSR count). The molecule has 0 heterocycles. The molecule has 1 nitrogen and oxygen atoms in total. The summed E-state index contributed by atoms with van der Waals surface area (Å²) in [6.07, 6.45) is 1.54. The maximum absolute atomic E-state index is 12.3. The highest BCUT2D eigenvalue weighted by molar-refractivity contribution is 6.91. The summed E-state index contributed by atoms with van der Waals surface area (Å²) >= 11 is 6.43. The Morgan fingerprint density at radius 1 is 1.16 bits per heavy atom. The summed E-state index contributed by atoms with van der Waals surface area (Å²) < 4.78 is 0. The fourth-order valence-electron chi connectivity index (χ4n) is 3.11. The van der Waals surface area contributed by atoms with E-state index in [1.54, 1.807) is 0 Å². The number of carbonyl (C=O) groups is 1. The van der Waals surface area contributed by atoms with E-state index in [4.69, 9.17) is 11.6 Å². The van der Waals surface area contributed by atoms with Crippen LogP contribution >= 0.6 is 11.6 Å². The topological polar surface area (TPSA) is 17.1 Å². The monoisotopic (exact) mass is 288 g/mol. The third-order valence-corrected chi connectivity index (χ3v) is 6.16. The van der Waals surface area contributed by atoms with Crippen LogP contribution in [0, 0.1) is 0 Å². The summed E-state index contributed by atoms with van der Waals surface area (Å²) in [6.45, 7) is 6.87. The molecule has 0 radical (unpaired) electrons. The predicted molar refractivity (Wildman–Crippen MR) is 84.6 cm³/mol. The fourth-order valence-corrected chi connectivity index (χ4v) is 5.54.